The van der Waals surface area contributed by atoms with E-state index in [2.05, 4.69) is 18.8 Å². The molecule has 0 spiro atoms. The van der Waals surface area contributed by atoms with Gasteiger partial charge in [0.15, 0.2) is 0 Å². The SMILES string of the molecule is CC1=NC(C)C(C)Cc2cc(F)ccc21. The molecule has 2 atom stereocenters. The molecule has 1 aliphatic heterocycles. The molecule has 1 aromatic carbocycles. The Morgan fingerprint density at radius 1 is 1.33 bits per heavy atom. The molecular weight excluding hydrogens is 189 g/mol. The molecule has 0 bridgehead atoms. The minimum absolute atomic E-state index is 0.150. The molecule has 0 aliphatic carbocycles. The van der Waals surface area contributed by atoms with E-state index in [1.54, 1.807) is 6.07 Å². The molecule has 0 amide bonds. The average Bonchev–Trinajstić information content (AvgIpc) is 2.25. The van der Waals surface area contributed by atoms with Crippen LogP contribution in [-0.4, -0.2) is 11.8 Å². The van der Waals surface area contributed by atoms with Gasteiger partial charge in [-0.05, 0) is 55.5 Å². The molecule has 80 valence electrons. The van der Waals surface area contributed by atoms with Gasteiger partial charge < -0.3 is 0 Å². The minimum atomic E-state index is -0.150. The summed E-state index contributed by atoms with van der Waals surface area (Å²) in [7, 11) is 0. The van der Waals surface area contributed by atoms with Crippen LogP contribution in [0.3, 0.4) is 0 Å². The quantitative estimate of drug-likeness (QED) is 0.616. The van der Waals surface area contributed by atoms with Gasteiger partial charge in [0, 0.05) is 5.71 Å². The fourth-order valence-corrected chi connectivity index (χ4v) is 2.10. The Balaban J connectivity index is 2.52. The Morgan fingerprint density at radius 2 is 2.07 bits per heavy atom. The summed E-state index contributed by atoms with van der Waals surface area (Å²) in [5, 5.41) is 0. The molecular formula is C13H16FN. The van der Waals surface area contributed by atoms with Crippen LogP contribution < -0.4 is 0 Å². The van der Waals surface area contributed by atoms with E-state index in [1.165, 1.54) is 6.07 Å². The van der Waals surface area contributed by atoms with E-state index in [1.807, 2.05) is 13.0 Å². The zero-order chi connectivity index (χ0) is 11.0. The van der Waals surface area contributed by atoms with Crippen molar-refractivity contribution in [1.82, 2.24) is 0 Å². The molecule has 0 fully saturated rings. The van der Waals surface area contributed by atoms with Crippen molar-refractivity contribution >= 4 is 5.71 Å². The van der Waals surface area contributed by atoms with Crippen molar-refractivity contribution in [3.05, 3.63) is 35.1 Å². The number of benzene rings is 1. The second kappa shape index (κ2) is 3.76. The lowest BCUT2D eigenvalue weighted by molar-refractivity contribution is 0.487. The highest BCUT2D eigenvalue weighted by atomic mass is 19.1. The second-order valence-corrected chi connectivity index (χ2v) is 4.44. The van der Waals surface area contributed by atoms with Crippen molar-refractivity contribution in [2.45, 2.75) is 33.2 Å². The lowest BCUT2D eigenvalue weighted by atomic mass is 9.93. The third kappa shape index (κ3) is 1.94. The Bertz CT molecular complexity index is 409. The van der Waals surface area contributed by atoms with Crippen LogP contribution in [0.2, 0.25) is 0 Å². The normalized spacial score (nSPS) is 25.5. The smallest absolute Gasteiger partial charge is 0.123 e. The van der Waals surface area contributed by atoms with E-state index in [9.17, 15) is 4.39 Å². The van der Waals surface area contributed by atoms with Crippen LogP contribution in [0.25, 0.3) is 0 Å². The van der Waals surface area contributed by atoms with E-state index in [0.29, 0.717) is 12.0 Å². The average molecular weight is 205 g/mol. The molecule has 0 radical (unpaired) electrons. The first-order chi connectivity index (χ1) is 7.08. The summed E-state index contributed by atoms with van der Waals surface area (Å²) in [6.45, 7) is 6.29. The lowest BCUT2D eigenvalue weighted by Crippen LogP contribution is -2.12. The lowest BCUT2D eigenvalue weighted by Gasteiger charge is -2.13. The number of hydrogen-bond donors (Lipinski definition) is 0. The first-order valence-electron chi connectivity index (χ1n) is 5.41. The molecule has 2 heteroatoms. The molecule has 0 saturated carbocycles. The Hall–Kier alpha value is -1.18. The summed E-state index contributed by atoms with van der Waals surface area (Å²) in [6, 6.07) is 5.32. The summed E-state index contributed by atoms with van der Waals surface area (Å²) < 4.78 is 13.1. The first kappa shape index (κ1) is 10.3. The molecule has 15 heavy (non-hydrogen) atoms. The monoisotopic (exact) mass is 205 g/mol. The van der Waals surface area contributed by atoms with Crippen molar-refractivity contribution in [2.24, 2.45) is 10.9 Å². The molecule has 0 saturated heterocycles. The summed E-state index contributed by atoms with van der Waals surface area (Å²) >= 11 is 0. The van der Waals surface area contributed by atoms with Crippen LogP contribution in [0.5, 0.6) is 0 Å². The van der Waals surface area contributed by atoms with Crippen LogP contribution in [-0.2, 0) is 6.42 Å². The zero-order valence-corrected chi connectivity index (χ0v) is 9.42. The number of fused-ring (bicyclic) bond motifs is 1. The highest BCUT2D eigenvalue weighted by Gasteiger charge is 2.19. The van der Waals surface area contributed by atoms with Crippen LogP contribution in [0.15, 0.2) is 23.2 Å². The third-order valence-corrected chi connectivity index (χ3v) is 3.22. The number of hydrogen-bond acceptors (Lipinski definition) is 1. The standard InChI is InChI=1S/C13H16FN/c1-8-6-11-7-12(14)4-5-13(11)10(3)15-9(8)2/h4-5,7-9H,6H2,1-3H3. The van der Waals surface area contributed by atoms with E-state index in [0.717, 1.165) is 23.3 Å². The van der Waals surface area contributed by atoms with Gasteiger partial charge in [-0.25, -0.2) is 4.39 Å². The van der Waals surface area contributed by atoms with Crippen molar-refractivity contribution in [3.63, 3.8) is 0 Å². The zero-order valence-electron chi connectivity index (χ0n) is 9.42. The Kier molecular flexibility index (Phi) is 2.59. The molecule has 1 nitrogen and oxygen atoms in total. The van der Waals surface area contributed by atoms with Gasteiger partial charge in [0.1, 0.15) is 5.82 Å². The van der Waals surface area contributed by atoms with Gasteiger partial charge in [0.05, 0.1) is 6.04 Å². The summed E-state index contributed by atoms with van der Waals surface area (Å²) in [5.74, 6) is 0.325. The molecule has 0 aromatic heterocycles. The topological polar surface area (TPSA) is 12.4 Å². The van der Waals surface area contributed by atoms with Gasteiger partial charge in [-0.2, -0.15) is 0 Å². The minimum Gasteiger partial charge on any atom is -0.286 e. The van der Waals surface area contributed by atoms with Gasteiger partial charge in [-0.3, -0.25) is 4.99 Å². The maximum atomic E-state index is 13.1. The predicted octanol–water partition coefficient (Wildman–Crippen LogP) is 3.22. The van der Waals surface area contributed by atoms with Gasteiger partial charge >= 0.3 is 0 Å². The Labute approximate surface area is 90.0 Å². The maximum Gasteiger partial charge on any atom is 0.123 e. The molecule has 1 heterocycles. The van der Waals surface area contributed by atoms with Crippen LogP contribution in [0.1, 0.15) is 31.9 Å². The summed E-state index contributed by atoms with van der Waals surface area (Å²) in [5.41, 5.74) is 3.22. The number of halogens is 1. The van der Waals surface area contributed by atoms with Crippen molar-refractivity contribution in [2.75, 3.05) is 0 Å². The fraction of sp³-hybridized carbons (Fsp3) is 0.462. The molecule has 0 N–H and O–H groups in total. The van der Waals surface area contributed by atoms with Gasteiger partial charge in [-0.15, -0.1) is 0 Å². The molecule has 1 aliphatic rings. The number of rotatable bonds is 0. The summed E-state index contributed by atoms with van der Waals surface area (Å²) in [6.07, 6.45) is 0.912. The Morgan fingerprint density at radius 3 is 2.80 bits per heavy atom. The van der Waals surface area contributed by atoms with Gasteiger partial charge in [-0.1, -0.05) is 6.92 Å². The largest absolute Gasteiger partial charge is 0.286 e. The van der Waals surface area contributed by atoms with E-state index >= 15 is 0 Å². The van der Waals surface area contributed by atoms with Crippen molar-refractivity contribution in [1.29, 1.82) is 0 Å². The van der Waals surface area contributed by atoms with Gasteiger partial charge in [0.2, 0.25) is 0 Å². The van der Waals surface area contributed by atoms with E-state index in [-0.39, 0.29) is 5.82 Å². The van der Waals surface area contributed by atoms with E-state index in [4.69, 9.17) is 0 Å². The number of aliphatic imine (C=N–C) groups is 1. The number of nitrogens with zero attached hydrogens (tertiary/aromatic N) is 1. The second-order valence-electron chi connectivity index (χ2n) is 4.44. The van der Waals surface area contributed by atoms with Crippen molar-refractivity contribution < 1.29 is 4.39 Å². The van der Waals surface area contributed by atoms with Crippen LogP contribution in [0, 0.1) is 11.7 Å². The maximum absolute atomic E-state index is 13.1. The highest BCUT2D eigenvalue weighted by Crippen LogP contribution is 2.23. The molecule has 2 unspecified atom stereocenters. The first-order valence-corrected chi connectivity index (χ1v) is 5.41. The summed E-state index contributed by atoms with van der Waals surface area (Å²) in [4.78, 5) is 4.62. The van der Waals surface area contributed by atoms with Crippen LogP contribution >= 0.6 is 0 Å². The van der Waals surface area contributed by atoms with Crippen molar-refractivity contribution in [3.8, 4) is 0 Å². The molecule has 1 aromatic rings. The van der Waals surface area contributed by atoms with Crippen LogP contribution in [0.4, 0.5) is 4.39 Å². The van der Waals surface area contributed by atoms with Gasteiger partial charge in [0.25, 0.3) is 0 Å². The third-order valence-electron chi connectivity index (χ3n) is 3.22. The fourth-order valence-electron chi connectivity index (χ4n) is 2.10. The predicted molar refractivity (Wildman–Crippen MR) is 60.9 cm³/mol. The van der Waals surface area contributed by atoms with E-state index < -0.39 is 0 Å². The highest BCUT2D eigenvalue weighted by molar-refractivity contribution is 6.00. The molecule has 2 rings (SSSR count).